The lowest BCUT2D eigenvalue weighted by atomic mass is 10.0. The fraction of sp³-hybridized carbons (Fsp3) is 0.357. The Kier molecular flexibility index (Phi) is 5.27. The summed E-state index contributed by atoms with van der Waals surface area (Å²) in [5.41, 5.74) is 2.54. The predicted molar refractivity (Wildman–Crippen MR) is 70.2 cm³/mol. The Morgan fingerprint density at radius 1 is 1.29 bits per heavy atom. The summed E-state index contributed by atoms with van der Waals surface area (Å²) in [6.07, 6.45) is 1.55. The van der Waals surface area contributed by atoms with Crippen molar-refractivity contribution in [3.05, 3.63) is 41.5 Å². The van der Waals surface area contributed by atoms with Crippen molar-refractivity contribution in [2.75, 3.05) is 11.9 Å². The third kappa shape index (κ3) is 4.31. The minimum atomic E-state index is -0.818. The molecule has 0 unspecified atom stereocenters. The summed E-state index contributed by atoms with van der Waals surface area (Å²) in [7, 11) is 0. The van der Waals surface area contributed by atoms with E-state index in [2.05, 4.69) is 5.32 Å². The Hall–Kier alpha value is -1.77. The number of hydrogen-bond acceptors (Lipinski definition) is 2. The molecule has 0 radical (unpaired) electrons. The lowest BCUT2D eigenvalue weighted by Gasteiger charge is -2.09. The molecule has 0 saturated heterocycles. The van der Waals surface area contributed by atoms with Crippen LogP contribution in [0.3, 0.4) is 0 Å². The van der Waals surface area contributed by atoms with Gasteiger partial charge in [-0.3, -0.25) is 0 Å². The van der Waals surface area contributed by atoms with Crippen LogP contribution in [0.25, 0.3) is 0 Å². The maximum Gasteiger partial charge on any atom is 0.331 e. The Bertz CT molecular complexity index is 396. The molecule has 1 aromatic carbocycles. The molecular weight excluding hydrogens is 214 g/mol. The molecule has 92 valence electrons. The number of benzene rings is 1. The average Bonchev–Trinajstić information content (AvgIpc) is 2.35. The Morgan fingerprint density at radius 2 is 1.94 bits per heavy atom. The summed E-state index contributed by atoms with van der Waals surface area (Å²) in [6.45, 7) is 4.42. The quantitative estimate of drug-likeness (QED) is 0.741. The number of rotatable bonds is 6. The largest absolute Gasteiger partial charge is 0.478 e. The van der Waals surface area contributed by atoms with Crippen molar-refractivity contribution in [1.82, 2.24) is 0 Å². The van der Waals surface area contributed by atoms with Gasteiger partial charge in [-0.15, -0.1) is 0 Å². The van der Waals surface area contributed by atoms with Crippen LogP contribution in [0.2, 0.25) is 0 Å². The SMILES string of the molecule is CCC(CCNc1ccccc1)=C(C)C(=O)O. The first kappa shape index (κ1) is 13.3. The van der Waals surface area contributed by atoms with Crippen LogP contribution in [0, 0.1) is 0 Å². The molecule has 0 bridgehead atoms. The standard InChI is InChI=1S/C14H19NO2/c1-3-12(11(2)14(16)17)9-10-15-13-7-5-4-6-8-13/h4-8,15H,3,9-10H2,1-2H3,(H,16,17). The summed E-state index contributed by atoms with van der Waals surface area (Å²) in [4.78, 5) is 10.9. The van der Waals surface area contributed by atoms with Crippen LogP contribution in [0.5, 0.6) is 0 Å². The van der Waals surface area contributed by atoms with Crippen LogP contribution in [0.1, 0.15) is 26.7 Å². The summed E-state index contributed by atoms with van der Waals surface area (Å²) < 4.78 is 0. The number of nitrogens with one attached hydrogen (secondary N) is 1. The van der Waals surface area contributed by atoms with Crippen LogP contribution in [0.4, 0.5) is 5.69 Å². The summed E-state index contributed by atoms with van der Waals surface area (Å²) in [5.74, 6) is -0.818. The fourth-order valence-corrected chi connectivity index (χ4v) is 1.69. The molecule has 0 heterocycles. The van der Waals surface area contributed by atoms with Gasteiger partial charge in [0.25, 0.3) is 0 Å². The Morgan fingerprint density at radius 3 is 2.47 bits per heavy atom. The second-order valence-corrected chi connectivity index (χ2v) is 3.93. The third-order valence-corrected chi connectivity index (χ3v) is 2.81. The van der Waals surface area contributed by atoms with Crippen molar-refractivity contribution in [1.29, 1.82) is 0 Å². The van der Waals surface area contributed by atoms with E-state index in [1.807, 2.05) is 37.3 Å². The van der Waals surface area contributed by atoms with Gasteiger partial charge in [-0.1, -0.05) is 30.7 Å². The normalized spacial score (nSPS) is 11.9. The molecule has 0 atom stereocenters. The predicted octanol–water partition coefficient (Wildman–Crippen LogP) is 3.30. The van der Waals surface area contributed by atoms with E-state index in [1.54, 1.807) is 6.92 Å². The van der Waals surface area contributed by atoms with Crippen molar-refractivity contribution in [2.45, 2.75) is 26.7 Å². The van der Waals surface area contributed by atoms with Gasteiger partial charge in [0.15, 0.2) is 0 Å². The lowest BCUT2D eigenvalue weighted by Crippen LogP contribution is -2.06. The molecule has 0 aromatic heterocycles. The minimum absolute atomic E-state index is 0.474. The fourth-order valence-electron chi connectivity index (χ4n) is 1.69. The van der Waals surface area contributed by atoms with E-state index in [4.69, 9.17) is 5.11 Å². The zero-order chi connectivity index (χ0) is 12.7. The highest BCUT2D eigenvalue weighted by atomic mass is 16.4. The van der Waals surface area contributed by atoms with Crippen molar-refractivity contribution < 1.29 is 9.90 Å². The van der Waals surface area contributed by atoms with Gasteiger partial charge in [-0.25, -0.2) is 4.79 Å². The van der Waals surface area contributed by atoms with Gasteiger partial charge in [0.05, 0.1) is 0 Å². The zero-order valence-corrected chi connectivity index (χ0v) is 10.4. The molecule has 0 spiro atoms. The van der Waals surface area contributed by atoms with Gasteiger partial charge < -0.3 is 10.4 Å². The Balaban J connectivity index is 2.50. The van der Waals surface area contributed by atoms with Crippen LogP contribution in [-0.2, 0) is 4.79 Å². The second kappa shape index (κ2) is 6.74. The molecule has 0 saturated carbocycles. The van der Waals surface area contributed by atoms with E-state index in [0.29, 0.717) is 5.57 Å². The molecule has 3 heteroatoms. The maximum absolute atomic E-state index is 10.9. The van der Waals surface area contributed by atoms with Gasteiger partial charge in [-0.05, 0) is 31.9 Å². The second-order valence-electron chi connectivity index (χ2n) is 3.93. The van der Waals surface area contributed by atoms with E-state index in [0.717, 1.165) is 30.6 Å². The van der Waals surface area contributed by atoms with Crippen molar-refractivity contribution in [3.8, 4) is 0 Å². The molecular formula is C14H19NO2. The van der Waals surface area contributed by atoms with Crippen LogP contribution in [0.15, 0.2) is 41.5 Å². The van der Waals surface area contributed by atoms with Gasteiger partial charge in [0.1, 0.15) is 0 Å². The molecule has 0 aliphatic heterocycles. The topological polar surface area (TPSA) is 49.3 Å². The Labute approximate surface area is 102 Å². The smallest absolute Gasteiger partial charge is 0.331 e. The van der Waals surface area contributed by atoms with E-state index in [1.165, 1.54) is 0 Å². The number of carboxylic acid groups (broad SMARTS) is 1. The van der Waals surface area contributed by atoms with Crippen molar-refractivity contribution >= 4 is 11.7 Å². The monoisotopic (exact) mass is 233 g/mol. The third-order valence-electron chi connectivity index (χ3n) is 2.81. The van der Waals surface area contributed by atoms with Crippen molar-refractivity contribution in [3.63, 3.8) is 0 Å². The molecule has 3 nitrogen and oxygen atoms in total. The molecule has 0 amide bonds. The molecule has 17 heavy (non-hydrogen) atoms. The summed E-state index contributed by atoms with van der Waals surface area (Å²) >= 11 is 0. The van der Waals surface area contributed by atoms with E-state index in [9.17, 15) is 4.79 Å². The number of aliphatic carboxylic acids is 1. The summed E-state index contributed by atoms with van der Waals surface area (Å²) in [5, 5.41) is 12.2. The number of carbonyl (C=O) groups is 1. The first-order valence-corrected chi connectivity index (χ1v) is 5.86. The molecule has 0 fully saturated rings. The van der Waals surface area contributed by atoms with Crippen LogP contribution >= 0.6 is 0 Å². The first-order valence-electron chi connectivity index (χ1n) is 5.86. The zero-order valence-electron chi connectivity index (χ0n) is 10.4. The summed E-state index contributed by atoms with van der Waals surface area (Å²) in [6, 6.07) is 9.92. The average molecular weight is 233 g/mol. The maximum atomic E-state index is 10.9. The number of para-hydroxylation sites is 1. The molecule has 2 N–H and O–H groups in total. The molecule has 0 aliphatic carbocycles. The van der Waals surface area contributed by atoms with Gasteiger partial charge in [-0.2, -0.15) is 0 Å². The number of carboxylic acids is 1. The highest BCUT2D eigenvalue weighted by Gasteiger charge is 2.07. The van der Waals surface area contributed by atoms with Gasteiger partial charge in [0.2, 0.25) is 0 Å². The number of hydrogen-bond donors (Lipinski definition) is 2. The highest BCUT2D eigenvalue weighted by Crippen LogP contribution is 2.14. The first-order chi connectivity index (χ1) is 8.15. The van der Waals surface area contributed by atoms with E-state index >= 15 is 0 Å². The van der Waals surface area contributed by atoms with E-state index < -0.39 is 5.97 Å². The molecule has 1 rings (SSSR count). The van der Waals surface area contributed by atoms with Crippen LogP contribution in [-0.4, -0.2) is 17.6 Å². The molecule has 0 aliphatic rings. The van der Waals surface area contributed by atoms with Crippen molar-refractivity contribution in [2.24, 2.45) is 0 Å². The highest BCUT2D eigenvalue weighted by molar-refractivity contribution is 5.86. The van der Waals surface area contributed by atoms with E-state index in [-0.39, 0.29) is 0 Å². The minimum Gasteiger partial charge on any atom is -0.478 e. The van der Waals surface area contributed by atoms with Crippen LogP contribution < -0.4 is 5.32 Å². The lowest BCUT2D eigenvalue weighted by molar-refractivity contribution is -0.132. The molecule has 1 aromatic rings. The number of anilines is 1. The van der Waals surface area contributed by atoms with Gasteiger partial charge in [0, 0.05) is 17.8 Å². The van der Waals surface area contributed by atoms with Gasteiger partial charge >= 0.3 is 5.97 Å².